The second-order valence-corrected chi connectivity index (χ2v) is 6.84. The summed E-state index contributed by atoms with van der Waals surface area (Å²) in [5.41, 5.74) is 3.39. The van der Waals surface area contributed by atoms with Crippen molar-refractivity contribution in [3.05, 3.63) is 59.8 Å². The van der Waals surface area contributed by atoms with E-state index in [2.05, 4.69) is 21.4 Å². The topological polar surface area (TPSA) is 78.7 Å². The number of nitrogens with one attached hydrogen (secondary N) is 1. The SMILES string of the molecule is Cc1nc2ccccc2nc1SC(C)C(=O)Nc1ccccc1C#N. The zero-order valence-electron chi connectivity index (χ0n) is 13.9. The van der Waals surface area contributed by atoms with Crippen LogP contribution in [0.1, 0.15) is 18.2 Å². The van der Waals surface area contributed by atoms with Crippen molar-refractivity contribution in [2.75, 3.05) is 5.32 Å². The summed E-state index contributed by atoms with van der Waals surface area (Å²) >= 11 is 1.36. The van der Waals surface area contributed by atoms with Crippen LogP contribution in [0.15, 0.2) is 53.6 Å². The fourth-order valence-corrected chi connectivity index (χ4v) is 3.20. The third-order valence-corrected chi connectivity index (χ3v) is 4.84. The first-order chi connectivity index (χ1) is 12.1. The van der Waals surface area contributed by atoms with Crippen LogP contribution in [0.25, 0.3) is 11.0 Å². The third kappa shape index (κ3) is 3.78. The number of nitriles is 1. The van der Waals surface area contributed by atoms with Crippen LogP contribution in [0, 0.1) is 18.3 Å². The first-order valence-corrected chi connectivity index (χ1v) is 8.66. The Balaban J connectivity index is 1.78. The average molecular weight is 348 g/mol. The molecule has 1 aromatic heterocycles. The smallest absolute Gasteiger partial charge is 0.237 e. The molecule has 5 nitrogen and oxygen atoms in total. The van der Waals surface area contributed by atoms with Gasteiger partial charge < -0.3 is 5.32 Å². The molecule has 2 aromatic carbocycles. The van der Waals surface area contributed by atoms with E-state index in [0.29, 0.717) is 11.3 Å². The van der Waals surface area contributed by atoms with Gasteiger partial charge in [-0.15, -0.1) is 0 Å². The normalized spacial score (nSPS) is 11.7. The molecule has 1 heterocycles. The van der Waals surface area contributed by atoms with E-state index in [1.807, 2.05) is 38.1 Å². The maximum atomic E-state index is 12.5. The highest BCUT2D eigenvalue weighted by Gasteiger charge is 2.18. The summed E-state index contributed by atoms with van der Waals surface area (Å²) < 4.78 is 0. The van der Waals surface area contributed by atoms with Gasteiger partial charge in [-0.1, -0.05) is 36.0 Å². The van der Waals surface area contributed by atoms with E-state index in [4.69, 9.17) is 5.26 Å². The molecule has 0 bridgehead atoms. The number of para-hydroxylation sites is 3. The maximum absolute atomic E-state index is 12.5. The molecule has 0 spiro atoms. The van der Waals surface area contributed by atoms with Gasteiger partial charge in [0.15, 0.2) is 0 Å². The zero-order valence-corrected chi connectivity index (χ0v) is 14.7. The van der Waals surface area contributed by atoms with Crippen LogP contribution >= 0.6 is 11.8 Å². The van der Waals surface area contributed by atoms with Gasteiger partial charge in [0.25, 0.3) is 0 Å². The van der Waals surface area contributed by atoms with Gasteiger partial charge >= 0.3 is 0 Å². The number of rotatable bonds is 4. The van der Waals surface area contributed by atoms with Gasteiger partial charge in [0.05, 0.1) is 33.2 Å². The number of hydrogen-bond acceptors (Lipinski definition) is 5. The Bertz CT molecular complexity index is 981. The standard InChI is InChI=1S/C19H16N4OS/c1-12-19(23-17-10-6-5-9-16(17)21-12)25-13(2)18(24)22-15-8-4-3-7-14(15)11-20/h3-10,13H,1-2H3,(H,22,24). The average Bonchev–Trinajstić information content (AvgIpc) is 2.62. The second kappa shape index (κ2) is 7.32. The first-order valence-electron chi connectivity index (χ1n) is 7.78. The van der Waals surface area contributed by atoms with Crippen LogP contribution < -0.4 is 5.32 Å². The minimum absolute atomic E-state index is 0.179. The molecule has 1 atom stereocenters. The fraction of sp³-hybridized carbons (Fsp3) is 0.158. The quantitative estimate of drug-likeness (QED) is 0.723. The minimum Gasteiger partial charge on any atom is -0.324 e. The van der Waals surface area contributed by atoms with Gasteiger partial charge in [-0.2, -0.15) is 5.26 Å². The maximum Gasteiger partial charge on any atom is 0.237 e. The van der Waals surface area contributed by atoms with Crippen molar-refractivity contribution in [3.63, 3.8) is 0 Å². The van der Waals surface area contributed by atoms with Gasteiger partial charge in [-0.3, -0.25) is 4.79 Å². The number of hydrogen-bond donors (Lipinski definition) is 1. The molecule has 0 fully saturated rings. The molecule has 6 heteroatoms. The number of nitrogens with zero attached hydrogens (tertiary/aromatic N) is 3. The van der Waals surface area contributed by atoms with Crippen molar-refractivity contribution in [3.8, 4) is 6.07 Å². The van der Waals surface area contributed by atoms with Crippen LogP contribution in [0.4, 0.5) is 5.69 Å². The van der Waals surface area contributed by atoms with E-state index in [1.165, 1.54) is 11.8 Å². The minimum atomic E-state index is -0.374. The van der Waals surface area contributed by atoms with Gasteiger partial charge in [0.1, 0.15) is 11.1 Å². The number of aryl methyl sites for hydroxylation is 1. The molecule has 0 aliphatic carbocycles. The second-order valence-electron chi connectivity index (χ2n) is 5.51. The molecule has 3 rings (SSSR count). The molecule has 1 N–H and O–H groups in total. The fourth-order valence-electron chi connectivity index (χ4n) is 2.33. The lowest BCUT2D eigenvalue weighted by atomic mass is 10.2. The van der Waals surface area contributed by atoms with Crippen molar-refractivity contribution < 1.29 is 4.79 Å². The Hall–Kier alpha value is -2.91. The van der Waals surface area contributed by atoms with Crippen molar-refractivity contribution in [2.24, 2.45) is 0 Å². The van der Waals surface area contributed by atoms with Crippen molar-refractivity contribution in [2.45, 2.75) is 24.1 Å². The molecule has 3 aromatic rings. The van der Waals surface area contributed by atoms with Crippen molar-refractivity contribution >= 4 is 34.4 Å². The molecule has 1 amide bonds. The number of amides is 1. The molecule has 124 valence electrons. The van der Waals surface area contributed by atoms with Crippen LogP contribution in [0.2, 0.25) is 0 Å². The molecule has 25 heavy (non-hydrogen) atoms. The Morgan fingerprint density at radius 2 is 1.76 bits per heavy atom. The van der Waals surface area contributed by atoms with Crippen LogP contribution in [-0.4, -0.2) is 21.1 Å². The number of carbonyl (C=O) groups excluding carboxylic acids is 1. The summed E-state index contributed by atoms with van der Waals surface area (Å²) in [6, 6.07) is 16.7. The zero-order chi connectivity index (χ0) is 17.8. The predicted octanol–water partition coefficient (Wildman–Crippen LogP) is 3.93. The Morgan fingerprint density at radius 3 is 2.48 bits per heavy atom. The predicted molar refractivity (Wildman–Crippen MR) is 99.4 cm³/mol. The van der Waals surface area contributed by atoms with E-state index in [9.17, 15) is 4.79 Å². The summed E-state index contributed by atoms with van der Waals surface area (Å²) in [5.74, 6) is -0.179. The largest absolute Gasteiger partial charge is 0.324 e. The highest BCUT2D eigenvalue weighted by Crippen LogP contribution is 2.27. The lowest BCUT2D eigenvalue weighted by molar-refractivity contribution is -0.115. The Labute approximate surface area is 150 Å². The monoisotopic (exact) mass is 348 g/mol. The van der Waals surface area contributed by atoms with Gasteiger partial charge in [-0.05, 0) is 38.1 Å². The molecule has 0 aliphatic heterocycles. The lowest BCUT2D eigenvalue weighted by Gasteiger charge is -2.13. The summed E-state index contributed by atoms with van der Waals surface area (Å²) in [4.78, 5) is 21.6. The van der Waals surface area contributed by atoms with Crippen molar-refractivity contribution in [1.82, 2.24) is 9.97 Å². The molecule has 1 unspecified atom stereocenters. The van der Waals surface area contributed by atoms with Crippen LogP contribution in [0.3, 0.4) is 0 Å². The number of fused-ring (bicyclic) bond motifs is 1. The molecule has 0 saturated carbocycles. The Kier molecular flexibility index (Phi) is 4.96. The Morgan fingerprint density at radius 1 is 1.12 bits per heavy atom. The first kappa shape index (κ1) is 16.9. The van der Waals surface area contributed by atoms with E-state index >= 15 is 0 Å². The van der Waals surface area contributed by atoms with E-state index in [0.717, 1.165) is 21.8 Å². The summed E-state index contributed by atoms with van der Waals surface area (Å²) in [7, 11) is 0. The summed E-state index contributed by atoms with van der Waals surface area (Å²) in [6.45, 7) is 3.70. The molecule has 0 radical (unpaired) electrons. The van der Waals surface area contributed by atoms with Crippen LogP contribution in [-0.2, 0) is 4.79 Å². The van der Waals surface area contributed by atoms with E-state index in [1.54, 1.807) is 24.3 Å². The number of thioether (sulfide) groups is 1. The van der Waals surface area contributed by atoms with E-state index in [-0.39, 0.29) is 11.2 Å². The number of carbonyl (C=O) groups is 1. The number of benzene rings is 2. The van der Waals surface area contributed by atoms with Crippen LogP contribution in [0.5, 0.6) is 0 Å². The van der Waals surface area contributed by atoms with Gasteiger partial charge in [0, 0.05) is 0 Å². The number of anilines is 1. The highest BCUT2D eigenvalue weighted by atomic mass is 32.2. The highest BCUT2D eigenvalue weighted by molar-refractivity contribution is 8.00. The van der Waals surface area contributed by atoms with E-state index < -0.39 is 0 Å². The number of aromatic nitrogens is 2. The molecule has 0 saturated heterocycles. The summed E-state index contributed by atoms with van der Waals surface area (Å²) in [6.07, 6.45) is 0. The molecular formula is C19H16N4OS. The molecular weight excluding hydrogens is 332 g/mol. The third-order valence-electron chi connectivity index (χ3n) is 3.66. The lowest BCUT2D eigenvalue weighted by Crippen LogP contribution is -2.23. The molecule has 0 aliphatic rings. The van der Waals surface area contributed by atoms with Gasteiger partial charge in [-0.25, -0.2) is 9.97 Å². The van der Waals surface area contributed by atoms with Crippen molar-refractivity contribution in [1.29, 1.82) is 5.26 Å². The van der Waals surface area contributed by atoms with Gasteiger partial charge in [0.2, 0.25) is 5.91 Å². The summed E-state index contributed by atoms with van der Waals surface area (Å²) in [5, 5.41) is 12.3.